The molecule has 1 fully saturated rings. The van der Waals surface area contributed by atoms with Gasteiger partial charge in [-0.3, -0.25) is 0 Å². The second-order valence-electron chi connectivity index (χ2n) is 19.9. The Labute approximate surface area is 320 Å². The maximum atomic E-state index is 7.12. The largest absolute Gasteiger partial charge is 0.0623 e. The molecule has 0 saturated carbocycles. The molecule has 4 rings (SSSR count). The summed E-state index contributed by atoms with van der Waals surface area (Å²) in [6, 6.07) is 22.0. The predicted molar refractivity (Wildman–Crippen MR) is 231 cm³/mol. The van der Waals surface area contributed by atoms with Crippen LogP contribution in [0, 0.1) is 0 Å². The molecular formula is C42H70Se2Si4. The van der Waals surface area contributed by atoms with Gasteiger partial charge in [-0.05, 0) is 0 Å². The van der Waals surface area contributed by atoms with Gasteiger partial charge in [-0.2, -0.15) is 0 Å². The van der Waals surface area contributed by atoms with Crippen LogP contribution in [0.2, 0.25) is 30.2 Å². The topological polar surface area (TPSA) is 0 Å². The van der Waals surface area contributed by atoms with Crippen molar-refractivity contribution < 1.29 is 8.22 Å². The van der Waals surface area contributed by atoms with Crippen LogP contribution in [0.25, 0.3) is 0 Å². The number of hydrogen-bond donors (Lipinski definition) is 0. The van der Waals surface area contributed by atoms with Crippen LogP contribution in [0.5, 0.6) is 0 Å². The fourth-order valence-electron chi connectivity index (χ4n) is 12.6. The van der Waals surface area contributed by atoms with E-state index in [2.05, 4.69) is 185 Å². The SMILES string of the molecule is CC(C)(C)[Si](C(C)(C)C)(C(C)(C)C)[Si]1(c2ccccc2)[Se][Si](c2ccccc2)([Si](C(C)(C)C)(C(C)(C)C)C(C)(C)C)[Se]1.[2H]c1c([2H])c([2H])c([2H])c([2H])c1[2H]. The second kappa shape index (κ2) is 13.8. The molecule has 3 aromatic rings. The van der Waals surface area contributed by atoms with Crippen molar-refractivity contribution in [1.29, 1.82) is 0 Å². The van der Waals surface area contributed by atoms with E-state index in [4.69, 9.17) is 8.22 Å². The molecule has 1 aliphatic heterocycles. The van der Waals surface area contributed by atoms with Crippen LogP contribution in [0.15, 0.2) is 96.9 Å². The summed E-state index contributed by atoms with van der Waals surface area (Å²) in [7, 11) is -4.07. The molecule has 0 nitrogen and oxygen atoms in total. The van der Waals surface area contributed by atoms with Gasteiger partial charge in [-0.25, -0.2) is 0 Å². The zero-order valence-corrected chi connectivity index (χ0v) is 41.0. The van der Waals surface area contributed by atoms with Crippen LogP contribution in [-0.4, -0.2) is 52.1 Å². The van der Waals surface area contributed by atoms with Gasteiger partial charge in [0, 0.05) is 0 Å². The Balaban J connectivity index is 0.000000553. The van der Waals surface area contributed by atoms with E-state index in [0.29, 0.717) is 57.6 Å². The molecule has 1 saturated heterocycles. The molecule has 0 atom stereocenters. The quantitative estimate of drug-likeness (QED) is 0.230. The van der Waals surface area contributed by atoms with Crippen LogP contribution in [0.4, 0.5) is 0 Å². The molecule has 6 heteroatoms. The Morgan fingerprint density at radius 1 is 0.375 bits per heavy atom. The summed E-state index contributed by atoms with van der Waals surface area (Å²) < 4.78 is 42.7. The molecule has 48 heavy (non-hydrogen) atoms. The molecule has 0 aromatic heterocycles. The standard InChI is InChI=1S/C36H64Se2Si4.C6H6/c1-31(2,3)41(32(4,5)6,33(7,8)9)39(29-25-21-19-22-26-29)37-40(38-39,30-27-23-20-24-28-30)42(34(10,11)12,35(13,14)15)36(16,17)18;1-2-4-6-5-3-1/h19-28H,1-18H3;1-6H/i;1D,2D,3D,4D,5D,6D. The van der Waals surface area contributed by atoms with E-state index in [1.807, 2.05) is 10.4 Å². The Morgan fingerprint density at radius 3 is 0.729 bits per heavy atom. The fraction of sp³-hybridized carbons (Fsp3) is 0.571. The molecule has 0 unspecified atom stereocenters. The van der Waals surface area contributed by atoms with Crippen molar-refractivity contribution in [3.63, 3.8) is 0 Å². The van der Waals surface area contributed by atoms with Crippen LogP contribution < -0.4 is 10.4 Å². The van der Waals surface area contributed by atoms with Gasteiger partial charge in [0.25, 0.3) is 0 Å². The third-order valence-electron chi connectivity index (χ3n) is 11.0. The second-order valence-corrected chi connectivity index (χ2v) is 86.9. The van der Waals surface area contributed by atoms with Crippen LogP contribution in [0.1, 0.15) is 133 Å². The van der Waals surface area contributed by atoms with Gasteiger partial charge in [0.1, 0.15) is 0 Å². The molecule has 3 aromatic carbocycles. The first kappa shape index (κ1) is 33.4. The Kier molecular flexibility index (Phi) is 9.64. The van der Waals surface area contributed by atoms with Gasteiger partial charge in [0.15, 0.2) is 0 Å². The average molecular weight is 851 g/mol. The minimum Gasteiger partial charge on any atom is -0.0623 e. The van der Waals surface area contributed by atoms with Gasteiger partial charge in [0.2, 0.25) is 0 Å². The molecule has 0 spiro atoms. The van der Waals surface area contributed by atoms with Crippen molar-refractivity contribution in [1.82, 2.24) is 0 Å². The number of rotatable bonds is 4. The van der Waals surface area contributed by atoms with Crippen LogP contribution in [0.3, 0.4) is 0 Å². The minimum absolute atomic E-state index is 0.321. The van der Waals surface area contributed by atoms with E-state index in [9.17, 15) is 0 Å². The van der Waals surface area contributed by atoms with Gasteiger partial charge in [0.05, 0.1) is 8.22 Å². The Hall–Kier alpha value is -0.434. The van der Waals surface area contributed by atoms with E-state index in [-0.39, 0.29) is 0 Å². The van der Waals surface area contributed by atoms with Crippen molar-refractivity contribution in [3.8, 4) is 0 Å². The first-order valence-corrected chi connectivity index (χ1v) is 37.5. The zero-order chi connectivity index (χ0) is 42.1. The monoisotopic (exact) mass is 852 g/mol. The average Bonchev–Trinajstić information content (AvgIpc) is 2.97. The van der Waals surface area contributed by atoms with E-state index in [0.717, 1.165) is 0 Å². The molecule has 0 N–H and O–H groups in total. The van der Waals surface area contributed by atoms with Crippen molar-refractivity contribution in [2.45, 2.75) is 155 Å². The summed E-state index contributed by atoms with van der Waals surface area (Å²) in [4.78, 5) is -3.82. The number of benzene rings is 3. The van der Waals surface area contributed by atoms with Crippen LogP contribution >= 0.6 is 0 Å². The molecule has 0 bridgehead atoms. The third-order valence-corrected chi connectivity index (χ3v) is 157. The summed E-state index contributed by atoms with van der Waals surface area (Å²) in [5, 5.41) is 5.61. The van der Waals surface area contributed by atoms with Crippen molar-refractivity contribution >= 4 is 62.5 Å². The Morgan fingerprint density at radius 2 is 0.562 bits per heavy atom. The summed E-state index contributed by atoms with van der Waals surface area (Å²) in [5.41, 5.74) is 0. The minimum atomic E-state index is -2.03. The van der Waals surface area contributed by atoms with Crippen LogP contribution in [-0.2, 0) is 0 Å². The van der Waals surface area contributed by atoms with Gasteiger partial charge < -0.3 is 0 Å². The van der Waals surface area contributed by atoms with Gasteiger partial charge >= 0.3 is 278 Å². The molecule has 0 radical (unpaired) electrons. The van der Waals surface area contributed by atoms with E-state index < -0.39 is 61.0 Å². The maximum Gasteiger partial charge on any atom is 0.0623 e. The van der Waals surface area contributed by atoms with E-state index in [1.165, 1.54) is 0 Å². The van der Waals surface area contributed by atoms with E-state index >= 15 is 0 Å². The first-order valence-electron chi connectivity index (χ1n) is 20.6. The van der Waals surface area contributed by atoms with Crippen molar-refractivity contribution in [2.75, 3.05) is 0 Å². The summed E-state index contributed by atoms with van der Waals surface area (Å²) in [5.74, 6) is 0. The number of hydrogen-bond acceptors (Lipinski definition) is 0. The summed E-state index contributed by atoms with van der Waals surface area (Å²) in [6.07, 6.45) is 0. The first-order chi connectivity index (χ1) is 24.1. The maximum absolute atomic E-state index is 7.12. The normalized spacial score (nSPS) is 23.3. The fourth-order valence-corrected chi connectivity index (χ4v) is 311. The molecule has 0 amide bonds. The predicted octanol–water partition coefficient (Wildman–Crippen LogP) is 11.6. The molecule has 1 aliphatic rings. The van der Waals surface area contributed by atoms with E-state index in [1.54, 1.807) is 0 Å². The van der Waals surface area contributed by atoms with Crippen molar-refractivity contribution in [2.24, 2.45) is 0 Å². The third kappa shape index (κ3) is 6.55. The molecule has 266 valence electrons. The van der Waals surface area contributed by atoms with Gasteiger partial charge in [-0.1, -0.05) is 36.3 Å². The Bertz CT molecular complexity index is 1510. The zero-order valence-electron chi connectivity index (χ0n) is 39.6. The molecule has 0 aliphatic carbocycles. The summed E-state index contributed by atoms with van der Waals surface area (Å²) >= 11 is 1.34. The smallest absolute Gasteiger partial charge is 0.0623 e. The molecule has 1 heterocycles. The van der Waals surface area contributed by atoms with Crippen molar-refractivity contribution in [3.05, 3.63) is 96.9 Å². The van der Waals surface area contributed by atoms with Gasteiger partial charge in [-0.15, -0.1) is 0 Å². The molecular weight excluding hydrogens is 775 g/mol. The summed E-state index contributed by atoms with van der Waals surface area (Å²) in [6.45, 7) is 48.3.